The highest BCUT2D eigenvalue weighted by Gasteiger charge is 2.33. The predicted molar refractivity (Wildman–Crippen MR) is 145 cm³/mol. The summed E-state index contributed by atoms with van der Waals surface area (Å²) in [6, 6.07) is 11.0. The van der Waals surface area contributed by atoms with E-state index in [1.807, 2.05) is 18.2 Å². The van der Waals surface area contributed by atoms with E-state index in [4.69, 9.17) is 0 Å². The van der Waals surface area contributed by atoms with Crippen molar-refractivity contribution < 1.29 is 18.3 Å². The monoisotopic (exact) mass is 496 g/mol. The van der Waals surface area contributed by atoms with E-state index in [9.17, 15) is 18.3 Å². The van der Waals surface area contributed by atoms with E-state index in [1.54, 1.807) is 12.1 Å². The summed E-state index contributed by atoms with van der Waals surface area (Å²) < 4.78 is 26.4. The number of benzene rings is 2. The number of allylic oxidation sites excluding steroid dienone is 1. The van der Waals surface area contributed by atoms with E-state index in [1.165, 1.54) is 25.7 Å². The number of unbranched alkanes of at least 4 members (excludes halogenated alkanes) is 5. The fraction of sp³-hybridized carbons (Fsp3) is 0.500. The molecule has 1 N–H and O–H groups in total. The fourth-order valence-electron chi connectivity index (χ4n) is 5.08. The van der Waals surface area contributed by atoms with E-state index < -0.39 is 15.8 Å². The Labute approximate surface area is 211 Å². The maximum atomic E-state index is 13.2. The molecule has 4 nitrogen and oxygen atoms in total. The highest BCUT2D eigenvalue weighted by molar-refractivity contribution is 7.91. The summed E-state index contributed by atoms with van der Waals surface area (Å²) in [5.74, 6) is -0.725. The first kappa shape index (κ1) is 27.2. The molecule has 0 amide bonds. The summed E-state index contributed by atoms with van der Waals surface area (Å²) in [5.41, 5.74) is 5.16. The summed E-state index contributed by atoms with van der Waals surface area (Å²) >= 11 is 0. The van der Waals surface area contributed by atoms with Gasteiger partial charge in [0.05, 0.1) is 16.2 Å². The van der Waals surface area contributed by atoms with E-state index in [-0.39, 0.29) is 16.7 Å². The number of sulfone groups is 1. The number of carbonyl (C=O) groups is 1. The number of carboxylic acid groups (broad SMARTS) is 1. The molecule has 2 aromatic carbocycles. The van der Waals surface area contributed by atoms with Crippen LogP contribution in [0.5, 0.6) is 0 Å². The lowest BCUT2D eigenvalue weighted by Gasteiger charge is -2.27. The molecule has 0 spiro atoms. The zero-order valence-electron chi connectivity index (χ0n) is 21.7. The molecule has 3 rings (SSSR count). The molecule has 0 radical (unpaired) electrons. The average Bonchev–Trinajstić information content (AvgIpc) is 2.89. The van der Waals surface area contributed by atoms with Crippen LogP contribution in [0.4, 0.5) is 0 Å². The minimum absolute atomic E-state index is 0.212. The van der Waals surface area contributed by atoms with Crippen LogP contribution in [0.1, 0.15) is 112 Å². The number of aryl methyl sites for hydroxylation is 1. The molecule has 0 aliphatic carbocycles. The molecule has 2 aromatic rings. The van der Waals surface area contributed by atoms with Gasteiger partial charge in [-0.05, 0) is 90.1 Å². The second-order valence-corrected chi connectivity index (χ2v) is 12.7. The van der Waals surface area contributed by atoms with Gasteiger partial charge in [0.2, 0.25) is 0 Å². The second kappa shape index (κ2) is 11.6. The Balaban J connectivity index is 2.03. The van der Waals surface area contributed by atoms with Gasteiger partial charge in [0.15, 0.2) is 9.84 Å². The number of fused-ring (bicyclic) bond motifs is 1. The molecule has 1 aliphatic heterocycles. The van der Waals surface area contributed by atoms with Crippen LogP contribution in [0.25, 0.3) is 11.6 Å². The smallest absolute Gasteiger partial charge is 0.335 e. The van der Waals surface area contributed by atoms with Crippen molar-refractivity contribution in [2.45, 2.75) is 95.8 Å². The molecule has 35 heavy (non-hydrogen) atoms. The van der Waals surface area contributed by atoms with Crippen LogP contribution < -0.4 is 0 Å². The third-order valence-corrected chi connectivity index (χ3v) is 9.08. The number of hydrogen-bond acceptors (Lipinski definition) is 3. The van der Waals surface area contributed by atoms with Gasteiger partial charge >= 0.3 is 5.97 Å². The lowest BCUT2D eigenvalue weighted by molar-refractivity contribution is 0.0697. The van der Waals surface area contributed by atoms with Crippen LogP contribution in [0.15, 0.2) is 41.3 Å². The van der Waals surface area contributed by atoms with Crippen molar-refractivity contribution in [2.24, 2.45) is 0 Å². The average molecular weight is 497 g/mol. The van der Waals surface area contributed by atoms with Crippen molar-refractivity contribution in [3.05, 3.63) is 64.2 Å². The summed E-state index contributed by atoms with van der Waals surface area (Å²) in [5, 5.41) is 9.18. The van der Waals surface area contributed by atoms with Crippen molar-refractivity contribution >= 4 is 27.5 Å². The largest absolute Gasteiger partial charge is 0.478 e. The normalized spacial score (nSPS) is 17.0. The van der Waals surface area contributed by atoms with Gasteiger partial charge in [-0.3, -0.25) is 0 Å². The van der Waals surface area contributed by atoms with Gasteiger partial charge in [0.1, 0.15) is 0 Å². The minimum Gasteiger partial charge on any atom is -0.478 e. The Morgan fingerprint density at radius 1 is 1.03 bits per heavy atom. The van der Waals surface area contributed by atoms with Gasteiger partial charge in [-0.2, -0.15) is 0 Å². The van der Waals surface area contributed by atoms with Crippen LogP contribution in [-0.2, 0) is 21.7 Å². The van der Waals surface area contributed by atoms with Crippen LogP contribution in [0, 0.1) is 0 Å². The van der Waals surface area contributed by atoms with Gasteiger partial charge < -0.3 is 5.11 Å². The fourth-order valence-corrected chi connectivity index (χ4v) is 6.81. The van der Waals surface area contributed by atoms with E-state index in [2.05, 4.69) is 39.8 Å². The number of hydrogen-bond donors (Lipinski definition) is 1. The summed E-state index contributed by atoms with van der Waals surface area (Å²) in [4.78, 5) is 11.7. The van der Waals surface area contributed by atoms with E-state index in [0.717, 1.165) is 53.5 Å². The highest BCUT2D eigenvalue weighted by Crippen LogP contribution is 2.40. The highest BCUT2D eigenvalue weighted by atomic mass is 32.2. The van der Waals surface area contributed by atoms with Crippen molar-refractivity contribution in [3.63, 3.8) is 0 Å². The van der Waals surface area contributed by atoms with Gasteiger partial charge in [-0.15, -0.1) is 0 Å². The molecule has 0 saturated carbocycles. The van der Waals surface area contributed by atoms with E-state index in [0.29, 0.717) is 11.3 Å². The number of rotatable bonds is 10. The zero-order valence-corrected chi connectivity index (χ0v) is 22.5. The molecule has 5 heteroatoms. The van der Waals surface area contributed by atoms with Gasteiger partial charge in [0, 0.05) is 0 Å². The molecule has 0 bridgehead atoms. The van der Waals surface area contributed by atoms with Crippen molar-refractivity contribution in [2.75, 3.05) is 5.75 Å². The SMILES string of the molecule is CCCCCCCCc1cc2c(cc1C(C)=Cc1ccc(C(=O)O)cc1)C(C)(C)CCCS2(=O)=O. The predicted octanol–water partition coefficient (Wildman–Crippen LogP) is 7.69. The van der Waals surface area contributed by atoms with Crippen molar-refractivity contribution in [1.29, 1.82) is 0 Å². The molecular weight excluding hydrogens is 456 g/mol. The molecule has 0 saturated heterocycles. The minimum atomic E-state index is -3.30. The topological polar surface area (TPSA) is 71.4 Å². The van der Waals surface area contributed by atoms with Gasteiger partial charge in [-0.1, -0.05) is 71.1 Å². The standard InChI is InChI=1S/C30H40O4S/c1-5-6-7-8-9-10-12-25-20-28-27(30(3,4)17-11-18-35(28,33)34)21-26(25)22(2)19-23-13-15-24(16-14-23)29(31)32/h13-16,19-21H,5-12,17-18H2,1-4H3,(H,31,32). The van der Waals surface area contributed by atoms with Gasteiger partial charge in [-0.25, -0.2) is 13.2 Å². The molecule has 190 valence electrons. The summed E-state index contributed by atoms with van der Waals surface area (Å²) in [6.45, 7) is 8.57. The first-order chi connectivity index (χ1) is 16.5. The number of carboxylic acids is 1. The molecule has 0 aromatic heterocycles. The second-order valence-electron chi connectivity index (χ2n) is 10.6. The van der Waals surface area contributed by atoms with Crippen LogP contribution >= 0.6 is 0 Å². The Hall–Kier alpha value is -2.40. The first-order valence-corrected chi connectivity index (χ1v) is 14.6. The lowest BCUT2D eigenvalue weighted by atomic mass is 9.78. The number of aromatic carboxylic acids is 1. The molecule has 1 aliphatic rings. The Bertz CT molecular complexity index is 1170. The molecular formula is C30H40O4S. The quantitative estimate of drug-likeness (QED) is 0.270. The zero-order chi connectivity index (χ0) is 25.6. The molecule has 0 unspecified atom stereocenters. The Morgan fingerprint density at radius 3 is 2.34 bits per heavy atom. The molecule has 0 atom stereocenters. The lowest BCUT2D eigenvalue weighted by Crippen LogP contribution is -2.19. The summed E-state index contributed by atoms with van der Waals surface area (Å²) in [6.07, 6.45) is 11.6. The van der Waals surface area contributed by atoms with Crippen LogP contribution in [0.3, 0.4) is 0 Å². The Kier molecular flexibility index (Phi) is 8.98. The molecule has 0 fully saturated rings. The van der Waals surface area contributed by atoms with Gasteiger partial charge in [0.25, 0.3) is 0 Å². The summed E-state index contributed by atoms with van der Waals surface area (Å²) in [7, 11) is -3.30. The Morgan fingerprint density at radius 2 is 1.69 bits per heavy atom. The van der Waals surface area contributed by atoms with E-state index >= 15 is 0 Å². The molecule has 1 heterocycles. The van der Waals surface area contributed by atoms with Crippen molar-refractivity contribution in [3.8, 4) is 0 Å². The maximum Gasteiger partial charge on any atom is 0.335 e. The third-order valence-electron chi connectivity index (χ3n) is 7.25. The van der Waals surface area contributed by atoms with Crippen LogP contribution in [0.2, 0.25) is 0 Å². The van der Waals surface area contributed by atoms with Crippen molar-refractivity contribution in [1.82, 2.24) is 0 Å². The first-order valence-electron chi connectivity index (χ1n) is 13.0. The maximum absolute atomic E-state index is 13.2. The third kappa shape index (κ3) is 6.84. The van der Waals surface area contributed by atoms with Crippen LogP contribution in [-0.4, -0.2) is 25.2 Å².